The third-order valence-electron chi connectivity index (χ3n) is 2.38. The molecule has 7 heteroatoms. The van der Waals surface area contributed by atoms with Gasteiger partial charge in [0, 0.05) is 11.9 Å². The number of hydrogen-bond donors (Lipinski definition) is 1. The van der Waals surface area contributed by atoms with E-state index in [-0.39, 0.29) is 21.2 Å². The zero-order valence-electron chi connectivity index (χ0n) is 10.4. The maximum absolute atomic E-state index is 13.7. The lowest BCUT2D eigenvalue weighted by atomic mass is 10.3. The van der Waals surface area contributed by atoms with Crippen LogP contribution in [-0.2, 0) is 4.74 Å². The lowest BCUT2D eigenvalue weighted by molar-refractivity contribution is 0.0600. The first-order valence-corrected chi connectivity index (χ1v) is 6.29. The van der Waals surface area contributed by atoms with Crippen molar-refractivity contribution in [2.45, 2.75) is 9.92 Å². The summed E-state index contributed by atoms with van der Waals surface area (Å²) in [6, 6.07) is 4.89. The molecule has 0 aliphatic rings. The minimum atomic E-state index is -0.780. The summed E-state index contributed by atoms with van der Waals surface area (Å²) < 4.78 is 31.9. The Morgan fingerprint density at radius 3 is 2.55 bits per heavy atom. The van der Waals surface area contributed by atoms with Gasteiger partial charge in [-0.15, -0.1) is 0 Å². The van der Waals surface area contributed by atoms with E-state index in [9.17, 15) is 13.6 Å². The average molecular weight is 296 g/mol. The normalized spacial score (nSPS) is 10.3. The van der Waals surface area contributed by atoms with E-state index < -0.39 is 17.6 Å². The summed E-state index contributed by atoms with van der Waals surface area (Å²) >= 11 is 0.767. The molecule has 0 aliphatic heterocycles. The Hall–Kier alpha value is -2.15. The molecule has 1 heterocycles. The molecule has 0 unspecified atom stereocenters. The van der Waals surface area contributed by atoms with Gasteiger partial charge in [-0.3, -0.25) is 0 Å². The third kappa shape index (κ3) is 3.05. The third-order valence-corrected chi connectivity index (χ3v) is 3.41. The molecule has 0 aliphatic carbocycles. The number of nitrogens with two attached hydrogens (primary N) is 1. The standard InChI is InChI=1S/C13H10F2N2O2S/c1-19-13(18)7-2-3-17-11(4-7)20-12-9(14)5-8(16)6-10(12)15/h2-6H,16H2,1H3. The number of methoxy groups -OCH3 is 1. The van der Waals surface area contributed by atoms with E-state index in [2.05, 4.69) is 9.72 Å². The van der Waals surface area contributed by atoms with Crippen LogP contribution in [0.25, 0.3) is 0 Å². The zero-order chi connectivity index (χ0) is 14.7. The van der Waals surface area contributed by atoms with Crippen LogP contribution in [0.1, 0.15) is 10.4 Å². The number of anilines is 1. The maximum Gasteiger partial charge on any atom is 0.337 e. The van der Waals surface area contributed by atoms with Crippen LogP contribution in [0.15, 0.2) is 40.4 Å². The lowest BCUT2D eigenvalue weighted by Gasteiger charge is -2.06. The van der Waals surface area contributed by atoms with Crippen molar-refractivity contribution in [2.75, 3.05) is 12.8 Å². The Balaban J connectivity index is 2.33. The molecule has 0 amide bonds. The van der Waals surface area contributed by atoms with Crippen LogP contribution in [0.4, 0.5) is 14.5 Å². The molecule has 1 aromatic carbocycles. The van der Waals surface area contributed by atoms with Crippen LogP contribution < -0.4 is 5.73 Å². The summed E-state index contributed by atoms with van der Waals surface area (Å²) in [4.78, 5) is 15.1. The van der Waals surface area contributed by atoms with E-state index in [1.165, 1.54) is 25.4 Å². The minimum Gasteiger partial charge on any atom is -0.465 e. The molecular formula is C13H10F2N2O2S. The molecule has 0 radical (unpaired) electrons. The van der Waals surface area contributed by atoms with Gasteiger partial charge in [0.2, 0.25) is 0 Å². The summed E-state index contributed by atoms with van der Waals surface area (Å²) in [6.07, 6.45) is 1.36. The molecule has 0 saturated carbocycles. The van der Waals surface area contributed by atoms with Crippen molar-refractivity contribution < 1.29 is 18.3 Å². The molecule has 2 aromatic rings. The largest absolute Gasteiger partial charge is 0.465 e. The van der Waals surface area contributed by atoms with Crippen LogP contribution in [0, 0.1) is 11.6 Å². The average Bonchev–Trinajstić information content (AvgIpc) is 2.42. The predicted octanol–water partition coefficient (Wildman–Crippen LogP) is 2.88. The van der Waals surface area contributed by atoms with E-state index in [1.54, 1.807) is 0 Å². The van der Waals surface area contributed by atoms with Gasteiger partial charge >= 0.3 is 5.97 Å². The van der Waals surface area contributed by atoms with E-state index in [1.807, 2.05) is 0 Å². The highest BCUT2D eigenvalue weighted by atomic mass is 32.2. The first-order valence-electron chi connectivity index (χ1n) is 5.48. The molecule has 0 spiro atoms. The molecule has 0 bridgehead atoms. The van der Waals surface area contributed by atoms with Crippen molar-refractivity contribution in [1.82, 2.24) is 4.98 Å². The zero-order valence-corrected chi connectivity index (χ0v) is 11.2. The van der Waals surface area contributed by atoms with Gasteiger partial charge in [-0.05, 0) is 24.3 Å². The van der Waals surface area contributed by atoms with Crippen molar-refractivity contribution in [3.63, 3.8) is 0 Å². The Morgan fingerprint density at radius 1 is 1.30 bits per heavy atom. The van der Waals surface area contributed by atoms with Gasteiger partial charge in [0.1, 0.15) is 16.7 Å². The van der Waals surface area contributed by atoms with Gasteiger partial charge in [-0.25, -0.2) is 18.6 Å². The number of aromatic nitrogens is 1. The first-order chi connectivity index (χ1) is 9.51. The molecule has 0 saturated heterocycles. The quantitative estimate of drug-likeness (QED) is 0.697. The van der Waals surface area contributed by atoms with Gasteiger partial charge in [-0.2, -0.15) is 0 Å². The van der Waals surface area contributed by atoms with Crippen LogP contribution in [0.3, 0.4) is 0 Å². The monoisotopic (exact) mass is 296 g/mol. The fourth-order valence-corrected chi connectivity index (χ4v) is 2.31. The highest BCUT2D eigenvalue weighted by Crippen LogP contribution is 2.32. The number of ether oxygens (including phenoxy) is 1. The number of benzene rings is 1. The van der Waals surface area contributed by atoms with Crippen molar-refractivity contribution in [2.24, 2.45) is 0 Å². The lowest BCUT2D eigenvalue weighted by Crippen LogP contribution is -2.01. The molecule has 20 heavy (non-hydrogen) atoms. The van der Waals surface area contributed by atoms with Crippen molar-refractivity contribution in [3.05, 3.63) is 47.7 Å². The molecule has 4 nitrogen and oxygen atoms in total. The van der Waals surface area contributed by atoms with Gasteiger partial charge in [-0.1, -0.05) is 11.8 Å². The fourth-order valence-electron chi connectivity index (χ4n) is 1.49. The van der Waals surface area contributed by atoms with Gasteiger partial charge in [0.25, 0.3) is 0 Å². The fraction of sp³-hybridized carbons (Fsp3) is 0.0769. The summed E-state index contributed by atoms with van der Waals surface area (Å²) in [6.45, 7) is 0. The molecule has 1 aromatic heterocycles. The molecule has 0 fully saturated rings. The molecule has 104 valence electrons. The number of halogens is 2. The second-order valence-electron chi connectivity index (χ2n) is 3.79. The SMILES string of the molecule is COC(=O)c1ccnc(Sc2c(F)cc(N)cc2F)c1. The Kier molecular flexibility index (Phi) is 4.19. The second-order valence-corrected chi connectivity index (χ2v) is 4.82. The number of rotatable bonds is 3. The highest BCUT2D eigenvalue weighted by Gasteiger charge is 2.14. The van der Waals surface area contributed by atoms with E-state index in [0.717, 1.165) is 23.9 Å². The van der Waals surface area contributed by atoms with E-state index in [0.29, 0.717) is 0 Å². The van der Waals surface area contributed by atoms with Gasteiger partial charge < -0.3 is 10.5 Å². The number of esters is 1. The van der Waals surface area contributed by atoms with Crippen molar-refractivity contribution in [3.8, 4) is 0 Å². The molecule has 2 N–H and O–H groups in total. The Labute approximate surface area is 118 Å². The maximum atomic E-state index is 13.7. The first kappa shape index (κ1) is 14.3. The summed E-state index contributed by atoms with van der Waals surface area (Å²) in [7, 11) is 1.24. The summed E-state index contributed by atoms with van der Waals surface area (Å²) in [5, 5.41) is 0.274. The minimum absolute atomic E-state index is 0.000575. The Morgan fingerprint density at radius 2 is 1.95 bits per heavy atom. The molecule has 2 rings (SSSR count). The van der Waals surface area contributed by atoms with Gasteiger partial charge in [0.15, 0.2) is 0 Å². The smallest absolute Gasteiger partial charge is 0.337 e. The summed E-state index contributed by atoms with van der Waals surface area (Å²) in [5.41, 5.74) is 5.59. The molecular weight excluding hydrogens is 286 g/mol. The van der Waals surface area contributed by atoms with Crippen molar-refractivity contribution in [1.29, 1.82) is 0 Å². The number of nitrogen functional groups attached to an aromatic ring is 1. The van der Waals surface area contributed by atoms with Crippen LogP contribution in [-0.4, -0.2) is 18.1 Å². The predicted molar refractivity (Wildman–Crippen MR) is 70.5 cm³/mol. The summed E-state index contributed by atoms with van der Waals surface area (Å²) in [5.74, 6) is -2.11. The number of carbonyl (C=O) groups excluding carboxylic acids is 1. The van der Waals surface area contributed by atoms with Crippen LogP contribution in [0.5, 0.6) is 0 Å². The number of nitrogens with zero attached hydrogens (tertiary/aromatic N) is 1. The second kappa shape index (κ2) is 5.87. The Bertz CT molecular complexity index is 642. The van der Waals surface area contributed by atoms with Gasteiger partial charge in [0.05, 0.1) is 17.6 Å². The van der Waals surface area contributed by atoms with Crippen LogP contribution >= 0.6 is 11.8 Å². The highest BCUT2D eigenvalue weighted by molar-refractivity contribution is 7.99. The number of hydrogen-bond acceptors (Lipinski definition) is 5. The van der Waals surface area contributed by atoms with Crippen molar-refractivity contribution >= 4 is 23.4 Å². The van der Waals surface area contributed by atoms with E-state index >= 15 is 0 Å². The number of pyridine rings is 1. The number of carbonyl (C=O) groups is 1. The van der Waals surface area contributed by atoms with E-state index in [4.69, 9.17) is 5.73 Å². The molecule has 0 atom stereocenters. The topological polar surface area (TPSA) is 65.2 Å². The van der Waals surface area contributed by atoms with Crippen LogP contribution in [0.2, 0.25) is 0 Å².